The van der Waals surface area contributed by atoms with Crippen LogP contribution in [0.4, 0.5) is 5.69 Å². The van der Waals surface area contributed by atoms with Crippen LogP contribution in [-0.4, -0.2) is 30.6 Å². The molecule has 2 rings (SSSR count). The molecule has 1 aromatic rings. The predicted molar refractivity (Wildman–Crippen MR) is 94.8 cm³/mol. The number of rotatable bonds is 5. The maximum Gasteiger partial charge on any atom is 0.0415 e. The molecule has 4 heteroatoms. The summed E-state index contributed by atoms with van der Waals surface area (Å²) in [6.07, 6.45) is 0. The average Bonchev–Trinajstić information content (AvgIpc) is 2.40. The summed E-state index contributed by atoms with van der Waals surface area (Å²) in [5.41, 5.74) is 2.80. The van der Waals surface area contributed by atoms with Gasteiger partial charge in [-0.1, -0.05) is 29.8 Å². The molecular formula is C16H25BrN2S. The third kappa shape index (κ3) is 4.40. The molecule has 0 radical (unpaired) electrons. The Morgan fingerprint density at radius 3 is 2.95 bits per heavy atom. The second kappa shape index (κ2) is 7.71. The number of thioether (sulfide) groups is 1. The molecule has 1 aliphatic rings. The third-order valence-electron chi connectivity index (χ3n) is 3.59. The molecule has 1 atom stereocenters. The first kappa shape index (κ1) is 16.2. The molecule has 112 valence electrons. The Hall–Kier alpha value is -0.190. The van der Waals surface area contributed by atoms with Crippen molar-refractivity contribution in [2.75, 3.05) is 29.5 Å². The first-order valence-corrected chi connectivity index (χ1v) is 9.36. The van der Waals surface area contributed by atoms with Crippen molar-refractivity contribution in [2.24, 2.45) is 5.92 Å². The van der Waals surface area contributed by atoms with Gasteiger partial charge in [0.15, 0.2) is 0 Å². The third-order valence-corrected chi connectivity index (χ3v) is 5.27. The van der Waals surface area contributed by atoms with Crippen molar-refractivity contribution in [1.82, 2.24) is 5.32 Å². The van der Waals surface area contributed by atoms with Crippen molar-refractivity contribution in [3.8, 4) is 0 Å². The minimum Gasteiger partial charge on any atom is -0.367 e. The van der Waals surface area contributed by atoms with Gasteiger partial charge in [-0.05, 0) is 43.1 Å². The van der Waals surface area contributed by atoms with Crippen LogP contribution in [0.3, 0.4) is 0 Å². The number of benzene rings is 1. The summed E-state index contributed by atoms with van der Waals surface area (Å²) in [5, 5.41) is 3.57. The number of hydrogen-bond acceptors (Lipinski definition) is 3. The van der Waals surface area contributed by atoms with Gasteiger partial charge in [0.2, 0.25) is 0 Å². The van der Waals surface area contributed by atoms with Gasteiger partial charge in [-0.3, -0.25) is 0 Å². The molecule has 2 nitrogen and oxygen atoms in total. The molecule has 0 saturated carbocycles. The Kier molecular flexibility index (Phi) is 6.24. The van der Waals surface area contributed by atoms with E-state index in [0.29, 0.717) is 12.0 Å². The Morgan fingerprint density at radius 2 is 2.25 bits per heavy atom. The number of halogens is 1. The second-order valence-electron chi connectivity index (χ2n) is 5.92. The van der Waals surface area contributed by atoms with Crippen LogP contribution in [0.15, 0.2) is 22.7 Å². The lowest BCUT2D eigenvalue weighted by atomic mass is 10.1. The van der Waals surface area contributed by atoms with E-state index in [9.17, 15) is 0 Å². The Balaban J connectivity index is 2.14. The topological polar surface area (TPSA) is 15.3 Å². The van der Waals surface area contributed by atoms with Crippen LogP contribution in [0.2, 0.25) is 0 Å². The maximum absolute atomic E-state index is 3.61. The molecular weight excluding hydrogens is 332 g/mol. The van der Waals surface area contributed by atoms with Gasteiger partial charge in [0.1, 0.15) is 0 Å². The quantitative estimate of drug-likeness (QED) is 0.853. The van der Waals surface area contributed by atoms with Crippen LogP contribution in [-0.2, 0) is 6.54 Å². The molecule has 1 aliphatic heterocycles. The van der Waals surface area contributed by atoms with Crippen molar-refractivity contribution in [3.63, 3.8) is 0 Å². The first-order chi connectivity index (χ1) is 9.58. The first-order valence-electron chi connectivity index (χ1n) is 7.41. The highest BCUT2D eigenvalue weighted by atomic mass is 79.9. The van der Waals surface area contributed by atoms with Gasteiger partial charge in [-0.15, -0.1) is 0 Å². The largest absolute Gasteiger partial charge is 0.367 e. The van der Waals surface area contributed by atoms with Crippen molar-refractivity contribution in [2.45, 2.75) is 33.4 Å². The van der Waals surface area contributed by atoms with Crippen LogP contribution in [0, 0.1) is 5.92 Å². The van der Waals surface area contributed by atoms with E-state index in [1.165, 1.54) is 27.2 Å². The maximum atomic E-state index is 3.61. The zero-order valence-electron chi connectivity index (χ0n) is 12.7. The monoisotopic (exact) mass is 356 g/mol. The molecule has 1 fully saturated rings. The zero-order valence-corrected chi connectivity index (χ0v) is 15.1. The Bertz CT molecular complexity index is 436. The lowest BCUT2D eigenvalue weighted by Gasteiger charge is -2.36. The summed E-state index contributed by atoms with van der Waals surface area (Å²) in [7, 11) is 0. The van der Waals surface area contributed by atoms with Crippen LogP contribution >= 0.6 is 27.7 Å². The average molecular weight is 357 g/mol. The van der Waals surface area contributed by atoms with Gasteiger partial charge in [-0.2, -0.15) is 11.8 Å². The van der Waals surface area contributed by atoms with E-state index in [0.717, 1.165) is 19.6 Å². The van der Waals surface area contributed by atoms with E-state index >= 15 is 0 Å². The number of hydrogen-bond donors (Lipinski definition) is 1. The lowest BCUT2D eigenvalue weighted by Crippen LogP contribution is -2.41. The van der Waals surface area contributed by atoms with Gasteiger partial charge >= 0.3 is 0 Å². The van der Waals surface area contributed by atoms with E-state index in [1.54, 1.807) is 0 Å². The van der Waals surface area contributed by atoms with Crippen molar-refractivity contribution < 1.29 is 0 Å². The summed E-state index contributed by atoms with van der Waals surface area (Å²) >= 11 is 5.67. The molecule has 20 heavy (non-hydrogen) atoms. The Morgan fingerprint density at radius 1 is 1.45 bits per heavy atom. The van der Waals surface area contributed by atoms with Crippen LogP contribution in [0.1, 0.15) is 26.3 Å². The summed E-state index contributed by atoms with van der Waals surface area (Å²) in [4.78, 5) is 2.56. The van der Waals surface area contributed by atoms with Crippen LogP contribution in [0.25, 0.3) is 0 Å². The van der Waals surface area contributed by atoms with Gasteiger partial charge in [-0.25, -0.2) is 0 Å². The van der Waals surface area contributed by atoms with Crippen LogP contribution in [0.5, 0.6) is 0 Å². The molecule has 0 spiro atoms. The normalized spacial score (nSPS) is 19.6. The van der Waals surface area contributed by atoms with Gasteiger partial charge in [0.05, 0.1) is 0 Å². The highest BCUT2D eigenvalue weighted by Crippen LogP contribution is 2.29. The van der Waals surface area contributed by atoms with Gasteiger partial charge < -0.3 is 10.2 Å². The number of nitrogens with zero attached hydrogens (tertiary/aromatic N) is 1. The minimum atomic E-state index is 0.624. The van der Waals surface area contributed by atoms with E-state index in [4.69, 9.17) is 0 Å². The molecule has 0 amide bonds. The fraction of sp³-hybridized carbons (Fsp3) is 0.625. The highest BCUT2D eigenvalue weighted by molar-refractivity contribution is 9.10. The summed E-state index contributed by atoms with van der Waals surface area (Å²) in [6.45, 7) is 10.0. The molecule has 1 saturated heterocycles. The fourth-order valence-corrected chi connectivity index (χ4v) is 3.98. The SMILES string of the molecule is CC(C)CNCc1cc(Br)ccc1N1CCSCC1C. The van der Waals surface area contributed by atoms with E-state index < -0.39 is 0 Å². The van der Waals surface area contributed by atoms with Crippen molar-refractivity contribution >= 4 is 33.4 Å². The minimum absolute atomic E-state index is 0.624. The summed E-state index contributed by atoms with van der Waals surface area (Å²) < 4.78 is 1.17. The van der Waals surface area contributed by atoms with Gasteiger partial charge in [0.25, 0.3) is 0 Å². The number of nitrogens with one attached hydrogen (secondary N) is 1. The molecule has 1 N–H and O–H groups in total. The molecule has 1 aromatic carbocycles. The van der Waals surface area contributed by atoms with Gasteiger partial charge in [0, 0.05) is 40.8 Å². The number of anilines is 1. The zero-order chi connectivity index (χ0) is 14.5. The molecule has 1 unspecified atom stereocenters. The van der Waals surface area contributed by atoms with E-state index in [-0.39, 0.29) is 0 Å². The second-order valence-corrected chi connectivity index (χ2v) is 7.98. The Labute approximate surface area is 135 Å². The van der Waals surface area contributed by atoms with Crippen molar-refractivity contribution in [1.29, 1.82) is 0 Å². The van der Waals surface area contributed by atoms with Crippen LogP contribution < -0.4 is 10.2 Å². The lowest BCUT2D eigenvalue weighted by molar-refractivity contribution is 0.551. The van der Waals surface area contributed by atoms with E-state index in [2.05, 4.69) is 76.9 Å². The highest BCUT2D eigenvalue weighted by Gasteiger charge is 2.21. The standard InChI is InChI=1S/C16H25BrN2S/c1-12(2)9-18-10-14-8-15(17)4-5-16(14)19-6-7-20-11-13(19)3/h4-5,8,12-13,18H,6-7,9-11H2,1-3H3. The predicted octanol–water partition coefficient (Wildman–Crippen LogP) is 4.14. The van der Waals surface area contributed by atoms with E-state index in [1.807, 2.05) is 0 Å². The molecule has 0 bridgehead atoms. The molecule has 1 heterocycles. The fourth-order valence-electron chi connectivity index (χ4n) is 2.56. The molecule has 0 aromatic heterocycles. The summed E-state index contributed by atoms with van der Waals surface area (Å²) in [5.74, 6) is 3.16. The summed E-state index contributed by atoms with van der Waals surface area (Å²) in [6, 6.07) is 7.31. The molecule has 0 aliphatic carbocycles. The van der Waals surface area contributed by atoms with Crippen molar-refractivity contribution in [3.05, 3.63) is 28.2 Å². The smallest absolute Gasteiger partial charge is 0.0415 e.